The van der Waals surface area contributed by atoms with E-state index in [1.54, 1.807) is 6.20 Å². The Labute approximate surface area is 186 Å². The van der Waals surface area contributed by atoms with Gasteiger partial charge in [0.05, 0.1) is 29.6 Å². The molecule has 5 rings (SSSR count). The first kappa shape index (κ1) is 20.4. The highest BCUT2D eigenvalue weighted by Gasteiger charge is 2.24. The van der Waals surface area contributed by atoms with Crippen molar-refractivity contribution in [2.75, 3.05) is 11.9 Å². The number of benzene rings is 1. The van der Waals surface area contributed by atoms with Crippen LogP contribution in [0.15, 0.2) is 48.9 Å². The maximum atomic E-state index is 12.9. The van der Waals surface area contributed by atoms with E-state index in [1.807, 2.05) is 41.2 Å². The normalized spacial score (nSPS) is 13.5. The van der Waals surface area contributed by atoms with Crippen LogP contribution in [0.25, 0.3) is 22.0 Å². The molecule has 1 aromatic carbocycles. The Bertz CT molecular complexity index is 1220. The van der Waals surface area contributed by atoms with E-state index in [9.17, 15) is 4.79 Å². The lowest BCUT2D eigenvalue weighted by molar-refractivity contribution is 0.102. The quantitative estimate of drug-likeness (QED) is 0.347. The summed E-state index contributed by atoms with van der Waals surface area (Å²) in [5, 5.41) is 15.4. The number of aromatic nitrogens is 5. The Morgan fingerprint density at radius 3 is 2.81 bits per heavy atom. The van der Waals surface area contributed by atoms with Crippen molar-refractivity contribution in [3.63, 3.8) is 0 Å². The average Bonchev–Trinajstić information content (AvgIpc) is 3.38. The standard InChI is InChI=1S/C24H27N7O/c25-11-3-1-2-4-18-6-7-19(14-26-18)28-24(32)23-21-12-16(5-10-22(21)29-30-23)17-13-27-31(15-17)20-8-9-20/h5-7,10,12-15,20H,1-4,8-9,11,25H2,(H,28,32)(H,29,30). The van der Waals surface area contributed by atoms with E-state index in [4.69, 9.17) is 5.73 Å². The molecule has 8 heteroatoms. The number of pyridine rings is 1. The number of fused-ring (bicyclic) bond motifs is 1. The second kappa shape index (κ2) is 8.92. The van der Waals surface area contributed by atoms with E-state index in [0.29, 0.717) is 17.4 Å². The fourth-order valence-electron chi connectivity index (χ4n) is 3.86. The molecule has 3 aromatic heterocycles. The lowest BCUT2D eigenvalue weighted by Gasteiger charge is -2.05. The molecule has 32 heavy (non-hydrogen) atoms. The second-order valence-electron chi connectivity index (χ2n) is 8.36. The van der Waals surface area contributed by atoms with Crippen molar-refractivity contribution >= 4 is 22.5 Å². The lowest BCUT2D eigenvalue weighted by atomic mass is 10.1. The first-order valence-electron chi connectivity index (χ1n) is 11.2. The van der Waals surface area contributed by atoms with Gasteiger partial charge in [0.1, 0.15) is 0 Å². The van der Waals surface area contributed by atoms with Gasteiger partial charge >= 0.3 is 0 Å². The van der Waals surface area contributed by atoms with E-state index >= 15 is 0 Å². The zero-order valence-corrected chi connectivity index (χ0v) is 17.9. The zero-order valence-electron chi connectivity index (χ0n) is 17.9. The highest BCUT2D eigenvalue weighted by molar-refractivity contribution is 6.11. The van der Waals surface area contributed by atoms with Gasteiger partial charge in [0.25, 0.3) is 5.91 Å². The van der Waals surface area contributed by atoms with Crippen molar-refractivity contribution in [2.24, 2.45) is 5.73 Å². The van der Waals surface area contributed by atoms with Crippen LogP contribution in [0.1, 0.15) is 54.3 Å². The third-order valence-corrected chi connectivity index (χ3v) is 5.85. The second-order valence-corrected chi connectivity index (χ2v) is 8.36. The Morgan fingerprint density at radius 1 is 1.12 bits per heavy atom. The van der Waals surface area contributed by atoms with Crippen molar-refractivity contribution in [1.29, 1.82) is 0 Å². The van der Waals surface area contributed by atoms with Crippen LogP contribution >= 0.6 is 0 Å². The maximum Gasteiger partial charge on any atom is 0.276 e. The summed E-state index contributed by atoms with van der Waals surface area (Å²) >= 11 is 0. The number of rotatable bonds is 9. The molecule has 0 spiro atoms. The van der Waals surface area contributed by atoms with Gasteiger partial charge in [0, 0.05) is 22.8 Å². The van der Waals surface area contributed by atoms with Crippen LogP contribution in [-0.4, -0.2) is 37.4 Å². The Morgan fingerprint density at radius 2 is 2.03 bits per heavy atom. The number of amides is 1. The molecule has 1 aliphatic rings. The summed E-state index contributed by atoms with van der Waals surface area (Å²) in [5.74, 6) is -0.264. The molecule has 4 N–H and O–H groups in total. The monoisotopic (exact) mass is 429 g/mol. The summed E-state index contributed by atoms with van der Waals surface area (Å²) in [6.45, 7) is 0.728. The molecule has 1 aliphatic carbocycles. The Kier molecular flexibility index (Phi) is 5.68. The molecule has 3 heterocycles. The minimum atomic E-state index is -0.264. The summed E-state index contributed by atoms with van der Waals surface area (Å²) in [7, 11) is 0. The van der Waals surface area contributed by atoms with Gasteiger partial charge in [-0.15, -0.1) is 0 Å². The minimum absolute atomic E-state index is 0.264. The highest BCUT2D eigenvalue weighted by atomic mass is 16.1. The number of anilines is 1. The van der Waals surface area contributed by atoms with Gasteiger partial charge in [0.2, 0.25) is 0 Å². The van der Waals surface area contributed by atoms with Crippen molar-refractivity contribution in [3.05, 3.63) is 60.3 Å². The number of carbonyl (C=O) groups is 1. The summed E-state index contributed by atoms with van der Waals surface area (Å²) in [5.41, 5.74) is 10.4. The van der Waals surface area contributed by atoms with Gasteiger partial charge in [-0.2, -0.15) is 10.2 Å². The topological polar surface area (TPSA) is 115 Å². The van der Waals surface area contributed by atoms with E-state index in [1.165, 1.54) is 12.8 Å². The van der Waals surface area contributed by atoms with Crippen LogP contribution in [0.5, 0.6) is 0 Å². The van der Waals surface area contributed by atoms with Gasteiger partial charge in [-0.05, 0) is 68.5 Å². The first-order valence-corrected chi connectivity index (χ1v) is 11.2. The number of hydrogen-bond acceptors (Lipinski definition) is 5. The van der Waals surface area contributed by atoms with Gasteiger partial charge in [-0.25, -0.2) is 0 Å². The van der Waals surface area contributed by atoms with Gasteiger partial charge in [-0.3, -0.25) is 19.6 Å². The Balaban J connectivity index is 1.30. The molecule has 1 saturated carbocycles. The SMILES string of the molecule is NCCCCCc1ccc(NC(=O)c2n[nH]c3ccc(-c4cnn(C5CC5)c4)cc23)cn1. The molecular weight excluding hydrogens is 402 g/mol. The predicted octanol–water partition coefficient (Wildman–Crippen LogP) is 4.08. The third kappa shape index (κ3) is 4.40. The molecular formula is C24H27N7O. The number of hydrogen-bond donors (Lipinski definition) is 3. The molecule has 0 aliphatic heterocycles. The van der Waals surface area contributed by atoms with Gasteiger partial charge in [0.15, 0.2) is 5.69 Å². The number of nitrogens with one attached hydrogen (secondary N) is 2. The fourth-order valence-corrected chi connectivity index (χ4v) is 3.86. The zero-order chi connectivity index (χ0) is 21.9. The number of nitrogens with two attached hydrogens (primary N) is 1. The first-order chi connectivity index (χ1) is 15.7. The summed E-state index contributed by atoms with van der Waals surface area (Å²) in [6, 6.07) is 10.3. The van der Waals surface area contributed by atoms with E-state index in [2.05, 4.69) is 31.8 Å². The maximum absolute atomic E-state index is 12.9. The Hall–Kier alpha value is -3.52. The molecule has 0 saturated heterocycles. The van der Waals surface area contributed by atoms with Crippen LogP contribution in [0.3, 0.4) is 0 Å². The molecule has 0 atom stereocenters. The van der Waals surface area contributed by atoms with E-state index in [-0.39, 0.29) is 5.91 Å². The fraction of sp³-hybridized carbons (Fsp3) is 0.333. The molecule has 8 nitrogen and oxygen atoms in total. The minimum Gasteiger partial charge on any atom is -0.330 e. The number of aromatic amines is 1. The smallest absolute Gasteiger partial charge is 0.276 e. The van der Waals surface area contributed by atoms with Gasteiger partial charge in [-0.1, -0.05) is 12.5 Å². The summed E-state index contributed by atoms with van der Waals surface area (Å²) < 4.78 is 2.03. The van der Waals surface area contributed by atoms with Crippen LogP contribution in [0.4, 0.5) is 5.69 Å². The lowest BCUT2D eigenvalue weighted by Crippen LogP contribution is -2.13. The number of unbranched alkanes of at least 4 members (excludes halogenated alkanes) is 2. The number of nitrogens with zero attached hydrogens (tertiary/aromatic N) is 4. The predicted molar refractivity (Wildman–Crippen MR) is 124 cm³/mol. The molecule has 0 radical (unpaired) electrons. The van der Waals surface area contributed by atoms with Crippen molar-refractivity contribution < 1.29 is 4.79 Å². The van der Waals surface area contributed by atoms with Crippen molar-refractivity contribution in [2.45, 2.75) is 44.6 Å². The average molecular weight is 430 g/mol. The molecule has 0 bridgehead atoms. The number of carbonyl (C=O) groups excluding carboxylic acids is 1. The largest absolute Gasteiger partial charge is 0.330 e. The van der Waals surface area contributed by atoms with E-state index in [0.717, 1.165) is 60.0 Å². The summed E-state index contributed by atoms with van der Waals surface area (Å²) in [6.07, 6.45) is 12.2. The van der Waals surface area contributed by atoms with Crippen LogP contribution in [0.2, 0.25) is 0 Å². The van der Waals surface area contributed by atoms with Crippen molar-refractivity contribution in [3.8, 4) is 11.1 Å². The molecule has 164 valence electrons. The summed E-state index contributed by atoms with van der Waals surface area (Å²) in [4.78, 5) is 17.4. The van der Waals surface area contributed by atoms with E-state index < -0.39 is 0 Å². The van der Waals surface area contributed by atoms with Crippen LogP contribution < -0.4 is 11.1 Å². The number of aryl methyl sites for hydroxylation is 1. The number of H-pyrrole nitrogens is 1. The van der Waals surface area contributed by atoms with Crippen molar-refractivity contribution in [1.82, 2.24) is 25.0 Å². The molecule has 1 amide bonds. The molecule has 4 aromatic rings. The van der Waals surface area contributed by atoms with Crippen LogP contribution in [0, 0.1) is 0 Å². The molecule has 0 unspecified atom stereocenters. The molecule has 1 fully saturated rings. The third-order valence-electron chi connectivity index (χ3n) is 5.85. The highest BCUT2D eigenvalue weighted by Crippen LogP contribution is 2.35. The van der Waals surface area contributed by atoms with Gasteiger partial charge < -0.3 is 11.1 Å². The van der Waals surface area contributed by atoms with Crippen LogP contribution in [-0.2, 0) is 6.42 Å².